The first-order valence-electron chi connectivity index (χ1n) is 9.26. The molecule has 2 N–H and O–H groups in total. The standard InChI is InChI=1S/C21H28O3/c1-12(22)16-6-7-17-15-5-4-13-10-14(23)8-9-20(13,2)18(15)11-19(24)21(16,17)3/h4-6,10,14-15,17-19,23-24H,7-9,11H2,1-3H3/t14?,15-,17-,18-,19+,20-,21+/m0/s1. The third kappa shape index (κ3) is 1.94. The molecule has 0 radical (unpaired) electrons. The summed E-state index contributed by atoms with van der Waals surface area (Å²) in [7, 11) is 0. The average Bonchev–Trinajstić information content (AvgIpc) is 2.88. The fraction of sp³-hybridized carbons (Fsp3) is 0.667. The molecule has 1 saturated carbocycles. The lowest BCUT2D eigenvalue weighted by molar-refractivity contribution is -0.120. The van der Waals surface area contributed by atoms with Gasteiger partial charge < -0.3 is 10.2 Å². The fourth-order valence-corrected chi connectivity index (χ4v) is 6.23. The molecule has 4 aliphatic rings. The number of ketones is 1. The van der Waals surface area contributed by atoms with Crippen molar-refractivity contribution in [2.45, 2.75) is 58.7 Å². The highest BCUT2D eigenvalue weighted by Gasteiger charge is 2.60. The number of allylic oxidation sites excluding steroid dienone is 4. The summed E-state index contributed by atoms with van der Waals surface area (Å²) in [6.07, 6.45) is 11.1. The van der Waals surface area contributed by atoms with Crippen LogP contribution in [0.25, 0.3) is 0 Å². The number of carbonyl (C=O) groups is 1. The average molecular weight is 328 g/mol. The first-order valence-corrected chi connectivity index (χ1v) is 9.26. The fourth-order valence-electron chi connectivity index (χ4n) is 6.23. The van der Waals surface area contributed by atoms with E-state index in [2.05, 4.69) is 32.1 Å². The van der Waals surface area contributed by atoms with Crippen LogP contribution in [0.4, 0.5) is 0 Å². The van der Waals surface area contributed by atoms with E-state index in [1.165, 1.54) is 5.57 Å². The van der Waals surface area contributed by atoms with Gasteiger partial charge in [0.25, 0.3) is 0 Å². The van der Waals surface area contributed by atoms with Crippen LogP contribution in [0.2, 0.25) is 0 Å². The minimum absolute atomic E-state index is 0.0277. The summed E-state index contributed by atoms with van der Waals surface area (Å²) in [5, 5.41) is 21.1. The normalized spacial score (nSPS) is 49.6. The molecule has 7 atom stereocenters. The predicted molar refractivity (Wildman–Crippen MR) is 93.2 cm³/mol. The van der Waals surface area contributed by atoms with Crippen molar-refractivity contribution in [2.24, 2.45) is 28.6 Å². The van der Waals surface area contributed by atoms with Crippen LogP contribution in [-0.2, 0) is 4.79 Å². The molecule has 0 aliphatic heterocycles. The smallest absolute Gasteiger partial charge is 0.156 e. The Bertz CT molecular complexity index is 673. The van der Waals surface area contributed by atoms with Crippen LogP contribution in [0, 0.1) is 28.6 Å². The SMILES string of the molecule is CC(=O)C1=CC[C@H]2[C@@H]3C=CC4=CC(O)CC[C@]4(C)[C@H]3C[C@@H](O)[C@]12C. The zero-order valence-corrected chi connectivity index (χ0v) is 14.8. The van der Waals surface area contributed by atoms with Gasteiger partial charge in [-0.15, -0.1) is 0 Å². The first-order chi connectivity index (χ1) is 11.3. The molecule has 4 aliphatic carbocycles. The van der Waals surface area contributed by atoms with Gasteiger partial charge >= 0.3 is 0 Å². The van der Waals surface area contributed by atoms with Gasteiger partial charge in [0.15, 0.2) is 5.78 Å². The quantitative estimate of drug-likeness (QED) is 0.777. The van der Waals surface area contributed by atoms with Crippen molar-refractivity contribution < 1.29 is 15.0 Å². The van der Waals surface area contributed by atoms with Crippen molar-refractivity contribution in [2.75, 3.05) is 0 Å². The maximum Gasteiger partial charge on any atom is 0.156 e. The Hall–Kier alpha value is -1.19. The monoisotopic (exact) mass is 328 g/mol. The number of aliphatic hydroxyl groups excluding tert-OH is 2. The summed E-state index contributed by atoms with van der Waals surface area (Å²) < 4.78 is 0. The molecular weight excluding hydrogens is 300 g/mol. The molecule has 0 bridgehead atoms. The summed E-state index contributed by atoms with van der Waals surface area (Å²) in [5.74, 6) is 1.18. The van der Waals surface area contributed by atoms with Gasteiger partial charge in [0.1, 0.15) is 0 Å². The summed E-state index contributed by atoms with van der Waals surface area (Å²) in [6, 6.07) is 0. The van der Waals surface area contributed by atoms with Gasteiger partial charge in [0, 0.05) is 5.41 Å². The lowest BCUT2D eigenvalue weighted by atomic mass is 9.47. The van der Waals surface area contributed by atoms with E-state index in [4.69, 9.17) is 0 Å². The lowest BCUT2D eigenvalue weighted by Crippen LogP contribution is -2.55. The molecule has 1 fully saturated rings. The van der Waals surface area contributed by atoms with E-state index in [9.17, 15) is 15.0 Å². The van der Waals surface area contributed by atoms with Crippen LogP contribution >= 0.6 is 0 Å². The molecule has 4 rings (SSSR count). The van der Waals surface area contributed by atoms with Crippen molar-refractivity contribution in [1.29, 1.82) is 0 Å². The van der Waals surface area contributed by atoms with E-state index < -0.39 is 11.5 Å². The summed E-state index contributed by atoms with van der Waals surface area (Å²) in [5.41, 5.74) is 1.68. The zero-order chi connectivity index (χ0) is 17.3. The number of hydrogen-bond acceptors (Lipinski definition) is 3. The minimum atomic E-state index is -0.474. The number of carbonyl (C=O) groups excluding carboxylic acids is 1. The molecule has 130 valence electrons. The summed E-state index contributed by atoms with van der Waals surface area (Å²) in [6.45, 7) is 6.01. The highest BCUT2D eigenvalue weighted by Crippen LogP contribution is 2.63. The molecule has 0 spiro atoms. The maximum atomic E-state index is 12.1. The van der Waals surface area contributed by atoms with E-state index in [-0.39, 0.29) is 17.3 Å². The van der Waals surface area contributed by atoms with Gasteiger partial charge in [-0.3, -0.25) is 4.79 Å². The molecular formula is C21H28O3. The van der Waals surface area contributed by atoms with E-state index >= 15 is 0 Å². The Kier molecular flexibility index (Phi) is 3.50. The largest absolute Gasteiger partial charge is 0.392 e. The molecule has 3 nitrogen and oxygen atoms in total. The Morgan fingerprint density at radius 3 is 2.71 bits per heavy atom. The molecule has 0 heterocycles. The van der Waals surface area contributed by atoms with Gasteiger partial charge in [0.05, 0.1) is 12.2 Å². The summed E-state index contributed by atoms with van der Waals surface area (Å²) in [4.78, 5) is 12.1. The van der Waals surface area contributed by atoms with Gasteiger partial charge in [-0.1, -0.05) is 38.2 Å². The topological polar surface area (TPSA) is 57.5 Å². The molecule has 0 aromatic heterocycles. The second kappa shape index (κ2) is 5.15. The van der Waals surface area contributed by atoms with Gasteiger partial charge in [-0.25, -0.2) is 0 Å². The molecule has 1 unspecified atom stereocenters. The van der Waals surface area contributed by atoms with Crippen LogP contribution < -0.4 is 0 Å². The Labute approximate surface area is 144 Å². The third-order valence-electron chi connectivity index (χ3n) is 7.71. The molecule has 24 heavy (non-hydrogen) atoms. The van der Waals surface area contributed by atoms with Crippen LogP contribution in [0.5, 0.6) is 0 Å². The Balaban J connectivity index is 1.77. The number of Topliss-reactive ketones (excluding diaryl/α,β-unsaturated/α-hetero) is 1. The Morgan fingerprint density at radius 1 is 1.25 bits per heavy atom. The highest BCUT2D eigenvalue weighted by atomic mass is 16.3. The molecule has 0 aromatic carbocycles. The lowest BCUT2D eigenvalue weighted by Gasteiger charge is -2.57. The summed E-state index contributed by atoms with van der Waals surface area (Å²) >= 11 is 0. The van der Waals surface area contributed by atoms with Crippen LogP contribution in [0.15, 0.2) is 35.5 Å². The second-order valence-electron chi connectivity index (χ2n) is 8.74. The van der Waals surface area contributed by atoms with Crippen molar-refractivity contribution in [1.82, 2.24) is 0 Å². The minimum Gasteiger partial charge on any atom is -0.392 e. The first kappa shape index (κ1) is 16.3. The number of fused-ring (bicyclic) bond motifs is 5. The van der Waals surface area contributed by atoms with Gasteiger partial charge in [-0.2, -0.15) is 0 Å². The zero-order valence-electron chi connectivity index (χ0n) is 14.8. The maximum absolute atomic E-state index is 12.1. The second-order valence-corrected chi connectivity index (χ2v) is 8.74. The molecule has 0 amide bonds. The Morgan fingerprint density at radius 2 is 2.00 bits per heavy atom. The van der Waals surface area contributed by atoms with E-state index in [0.717, 1.165) is 31.3 Å². The number of hydrogen-bond donors (Lipinski definition) is 2. The third-order valence-corrected chi connectivity index (χ3v) is 7.71. The predicted octanol–water partition coefficient (Wildman–Crippen LogP) is 3.18. The number of aliphatic hydroxyl groups is 2. The molecule has 0 aromatic rings. The van der Waals surface area contributed by atoms with Crippen molar-refractivity contribution >= 4 is 5.78 Å². The highest BCUT2D eigenvalue weighted by molar-refractivity contribution is 5.95. The molecule has 3 heteroatoms. The molecule has 0 saturated heterocycles. The van der Waals surface area contributed by atoms with Gasteiger partial charge in [0.2, 0.25) is 0 Å². The number of rotatable bonds is 1. The van der Waals surface area contributed by atoms with E-state index in [1.807, 2.05) is 6.08 Å². The van der Waals surface area contributed by atoms with Crippen LogP contribution in [0.1, 0.15) is 46.5 Å². The van der Waals surface area contributed by atoms with E-state index in [0.29, 0.717) is 17.8 Å². The van der Waals surface area contributed by atoms with Gasteiger partial charge in [-0.05, 0) is 66.9 Å². The van der Waals surface area contributed by atoms with Crippen molar-refractivity contribution in [3.8, 4) is 0 Å². The van der Waals surface area contributed by atoms with Crippen LogP contribution in [0.3, 0.4) is 0 Å². The van der Waals surface area contributed by atoms with E-state index in [1.54, 1.807) is 6.92 Å². The van der Waals surface area contributed by atoms with Crippen molar-refractivity contribution in [3.05, 3.63) is 35.5 Å². The van der Waals surface area contributed by atoms with Crippen LogP contribution in [-0.4, -0.2) is 28.2 Å². The van der Waals surface area contributed by atoms with Crippen molar-refractivity contribution in [3.63, 3.8) is 0 Å².